The zero-order chi connectivity index (χ0) is 14.2. The summed E-state index contributed by atoms with van der Waals surface area (Å²) in [5.74, 6) is -0.107. The Labute approximate surface area is 117 Å². The van der Waals surface area contributed by atoms with Crippen LogP contribution in [0.4, 0.5) is 5.69 Å². The summed E-state index contributed by atoms with van der Waals surface area (Å²) in [6.45, 7) is 0.656. The van der Waals surface area contributed by atoms with Crippen molar-refractivity contribution in [2.75, 3.05) is 11.9 Å². The summed E-state index contributed by atoms with van der Waals surface area (Å²) < 4.78 is 0. The zero-order valence-corrected chi connectivity index (χ0v) is 10.8. The number of pyridine rings is 1. The van der Waals surface area contributed by atoms with Crippen molar-refractivity contribution < 1.29 is 4.79 Å². The average molecular weight is 266 g/mol. The highest BCUT2D eigenvalue weighted by molar-refractivity contribution is 5.80. The smallest absolute Gasteiger partial charge is 0.239 e. The van der Waals surface area contributed by atoms with Crippen molar-refractivity contribution in [3.05, 3.63) is 59.9 Å². The van der Waals surface area contributed by atoms with Crippen LogP contribution >= 0.6 is 0 Å². The third-order valence-corrected chi connectivity index (χ3v) is 2.66. The van der Waals surface area contributed by atoms with E-state index < -0.39 is 0 Å². The van der Waals surface area contributed by atoms with Gasteiger partial charge < -0.3 is 10.6 Å². The highest BCUT2D eigenvalue weighted by Crippen LogP contribution is 2.06. The Bertz CT molecular complexity index is 619. The molecular weight excluding hydrogens is 252 g/mol. The quantitative estimate of drug-likeness (QED) is 0.863. The van der Waals surface area contributed by atoms with E-state index in [-0.39, 0.29) is 12.5 Å². The lowest BCUT2D eigenvalue weighted by molar-refractivity contribution is -0.119. The van der Waals surface area contributed by atoms with E-state index in [1.807, 2.05) is 36.4 Å². The molecular formula is C15H14N4O. The Hall–Kier alpha value is -2.87. The fourth-order valence-electron chi connectivity index (χ4n) is 1.64. The first kappa shape index (κ1) is 13.6. The second kappa shape index (κ2) is 6.90. The van der Waals surface area contributed by atoms with Crippen molar-refractivity contribution in [3.8, 4) is 6.07 Å². The van der Waals surface area contributed by atoms with Gasteiger partial charge in [-0.2, -0.15) is 5.26 Å². The third kappa shape index (κ3) is 4.10. The average Bonchev–Trinajstić information content (AvgIpc) is 2.52. The summed E-state index contributed by atoms with van der Waals surface area (Å²) in [5, 5.41) is 14.5. The Morgan fingerprint density at radius 1 is 1.25 bits per heavy atom. The van der Waals surface area contributed by atoms with Crippen LogP contribution in [0, 0.1) is 11.3 Å². The van der Waals surface area contributed by atoms with Gasteiger partial charge in [0, 0.05) is 18.4 Å². The van der Waals surface area contributed by atoms with Crippen molar-refractivity contribution in [2.24, 2.45) is 0 Å². The molecule has 0 aliphatic carbocycles. The van der Waals surface area contributed by atoms with Crippen molar-refractivity contribution in [1.29, 1.82) is 5.26 Å². The highest BCUT2D eigenvalue weighted by Gasteiger charge is 2.02. The number of carbonyl (C=O) groups excluding carboxylic acids is 1. The molecule has 1 aromatic heterocycles. The number of benzene rings is 1. The molecule has 20 heavy (non-hydrogen) atoms. The SMILES string of the molecule is N#Cc1cc(NCC(=O)NCc2ccccc2)ccn1. The molecule has 0 fully saturated rings. The van der Waals surface area contributed by atoms with Gasteiger partial charge in [-0.05, 0) is 17.7 Å². The highest BCUT2D eigenvalue weighted by atomic mass is 16.1. The number of nitrogens with zero attached hydrogens (tertiary/aromatic N) is 2. The number of nitriles is 1. The summed E-state index contributed by atoms with van der Waals surface area (Å²) in [5.41, 5.74) is 2.07. The number of hydrogen-bond donors (Lipinski definition) is 2. The van der Waals surface area contributed by atoms with E-state index in [1.165, 1.54) is 6.20 Å². The third-order valence-electron chi connectivity index (χ3n) is 2.66. The van der Waals surface area contributed by atoms with Gasteiger partial charge in [0.15, 0.2) is 0 Å². The molecule has 0 aliphatic heterocycles. The second-order valence-corrected chi connectivity index (χ2v) is 4.16. The lowest BCUT2D eigenvalue weighted by Gasteiger charge is -2.07. The van der Waals surface area contributed by atoms with Gasteiger partial charge in [-0.1, -0.05) is 30.3 Å². The predicted molar refractivity (Wildman–Crippen MR) is 75.7 cm³/mol. The monoisotopic (exact) mass is 266 g/mol. The lowest BCUT2D eigenvalue weighted by Crippen LogP contribution is -2.29. The van der Waals surface area contributed by atoms with E-state index in [0.29, 0.717) is 17.9 Å². The van der Waals surface area contributed by atoms with Crippen LogP contribution in [0.2, 0.25) is 0 Å². The Kier molecular flexibility index (Phi) is 4.68. The maximum Gasteiger partial charge on any atom is 0.239 e. The summed E-state index contributed by atoms with van der Waals surface area (Å²) in [6, 6.07) is 15.0. The standard InChI is InChI=1S/C15H14N4O/c16-9-14-8-13(6-7-17-14)18-11-15(20)19-10-12-4-2-1-3-5-12/h1-8H,10-11H2,(H,17,18)(H,19,20). The fourth-order valence-corrected chi connectivity index (χ4v) is 1.64. The molecule has 0 unspecified atom stereocenters. The van der Waals surface area contributed by atoms with Gasteiger partial charge in [0.25, 0.3) is 0 Å². The van der Waals surface area contributed by atoms with Crippen molar-refractivity contribution in [3.63, 3.8) is 0 Å². The van der Waals surface area contributed by atoms with Crippen molar-refractivity contribution in [2.45, 2.75) is 6.54 Å². The number of amides is 1. The first-order chi connectivity index (χ1) is 9.78. The largest absolute Gasteiger partial charge is 0.376 e. The predicted octanol–water partition coefficient (Wildman–Crippen LogP) is 1.68. The van der Waals surface area contributed by atoms with E-state index >= 15 is 0 Å². The maximum absolute atomic E-state index is 11.7. The van der Waals surface area contributed by atoms with E-state index in [0.717, 1.165) is 5.56 Å². The van der Waals surface area contributed by atoms with E-state index in [1.54, 1.807) is 12.1 Å². The lowest BCUT2D eigenvalue weighted by atomic mass is 10.2. The minimum atomic E-state index is -0.107. The number of carbonyl (C=O) groups is 1. The fraction of sp³-hybridized carbons (Fsp3) is 0.133. The van der Waals surface area contributed by atoms with Crippen LogP contribution in [0.15, 0.2) is 48.7 Å². The van der Waals surface area contributed by atoms with Gasteiger partial charge in [0.05, 0.1) is 6.54 Å². The van der Waals surface area contributed by atoms with Crippen LogP contribution in [0.25, 0.3) is 0 Å². The van der Waals surface area contributed by atoms with E-state index in [4.69, 9.17) is 5.26 Å². The molecule has 0 saturated carbocycles. The first-order valence-electron chi connectivity index (χ1n) is 6.18. The molecule has 2 rings (SSSR count). The molecule has 0 spiro atoms. The molecule has 2 aromatic rings. The molecule has 5 nitrogen and oxygen atoms in total. The van der Waals surface area contributed by atoms with Crippen LogP contribution < -0.4 is 10.6 Å². The molecule has 2 N–H and O–H groups in total. The van der Waals surface area contributed by atoms with E-state index in [9.17, 15) is 4.79 Å². The summed E-state index contributed by atoms with van der Waals surface area (Å²) in [4.78, 5) is 15.5. The minimum absolute atomic E-state index is 0.107. The number of anilines is 1. The van der Waals surface area contributed by atoms with Gasteiger partial charge in [-0.3, -0.25) is 4.79 Å². The molecule has 0 saturated heterocycles. The number of nitrogens with one attached hydrogen (secondary N) is 2. The van der Waals surface area contributed by atoms with E-state index in [2.05, 4.69) is 15.6 Å². The molecule has 1 heterocycles. The molecule has 5 heteroatoms. The molecule has 1 amide bonds. The van der Waals surface area contributed by atoms with Gasteiger partial charge >= 0.3 is 0 Å². The Morgan fingerprint density at radius 3 is 2.80 bits per heavy atom. The molecule has 0 bridgehead atoms. The molecule has 1 aromatic carbocycles. The second-order valence-electron chi connectivity index (χ2n) is 4.16. The Morgan fingerprint density at radius 2 is 2.05 bits per heavy atom. The number of aromatic nitrogens is 1. The number of rotatable bonds is 5. The summed E-state index contributed by atoms with van der Waals surface area (Å²) in [6.07, 6.45) is 1.53. The first-order valence-corrected chi connectivity index (χ1v) is 6.18. The van der Waals surface area contributed by atoms with Crippen LogP contribution in [0.3, 0.4) is 0 Å². The maximum atomic E-state index is 11.7. The molecule has 0 atom stereocenters. The van der Waals surface area contributed by atoms with Crippen LogP contribution in [0.1, 0.15) is 11.3 Å². The molecule has 0 aliphatic rings. The Balaban J connectivity index is 1.79. The van der Waals surface area contributed by atoms with Crippen molar-refractivity contribution >= 4 is 11.6 Å². The van der Waals surface area contributed by atoms with Gasteiger partial charge in [-0.25, -0.2) is 4.98 Å². The van der Waals surface area contributed by atoms with Crippen LogP contribution in [-0.4, -0.2) is 17.4 Å². The van der Waals surface area contributed by atoms with Crippen LogP contribution in [0.5, 0.6) is 0 Å². The molecule has 100 valence electrons. The molecule has 0 radical (unpaired) electrons. The van der Waals surface area contributed by atoms with Gasteiger partial charge in [0.2, 0.25) is 5.91 Å². The zero-order valence-electron chi connectivity index (χ0n) is 10.8. The van der Waals surface area contributed by atoms with Crippen LogP contribution in [-0.2, 0) is 11.3 Å². The summed E-state index contributed by atoms with van der Waals surface area (Å²) in [7, 11) is 0. The van der Waals surface area contributed by atoms with Crippen molar-refractivity contribution in [1.82, 2.24) is 10.3 Å². The minimum Gasteiger partial charge on any atom is -0.376 e. The van der Waals surface area contributed by atoms with Gasteiger partial charge in [0.1, 0.15) is 11.8 Å². The number of hydrogen-bond acceptors (Lipinski definition) is 4. The topological polar surface area (TPSA) is 77.8 Å². The normalized spacial score (nSPS) is 9.55. The van der Waals surface area contributed by atoms with Gasteiger partial charge in [-0.15, -0.1) is 0 Å². The summed E-state index contributed by atoms with van der Waals surface area (Å²) >= 11 is 0.